The summed E-state index contributed by atoms with van der Waals surface area (Å²) in [5.41, 5.74) is 0.734. The molecule has 0 saturated heterocycles. The quantitative estimate of drug-likeness (QED) is 0.0908. The van der Waals surface area contributed by atoms with Crippen LogP contribution in [-0.4, -0.2) is 30.6 Å². The summed E-state index contributed by atoms with van der Waals surface area (Å²) in [7, 11) is 0. The second kappa shape index (κ2) is 23.7. The Morgan fingerprint density at radius 2 is 1.00 bits per heavy atom. The normalized spacial score (nSPS) is 11.7. The van der Waals surface area contributed by atoms with E-state index in [1.807, 2.05) is 13.1 Å². The molecule has 0 aromatic carbocycles. The first-order valence-corrected chi connectivity index (χ1v) is 13.7. The predicted octanol–water partition coefficient (Wildman–Crippen LogP) is 8.82. The van der Waals surface area contributed by atoms with E-state index in [2.05, 4.69) is 25.7 Å². The molecule has 0 aromatic heterocycles. The first kappa shape index (κ1) is 30.0. The van der Waals surface area contributed by atoms with E-state index >= 15 is 0 Å². The topological polar surface area (TPSA) is 29.5 Å². The van der Waals surface area contributed by atoms with Gasteiger partial charge in [-0.15, -0.1) is 0 Å². The van der Waals surface area contributed by atoms with Crippen molar-refractivity contribution < 1.29 is 9.53 Å². The van der Waals surface area contributed by atoms with Crippen LogP contribution < -0.4 is 0 Å². The maximum Gasteiger partial charge on any atom is 0.335 e. The Morgan fingerprint density at radius 1 is 0.613 bits per heavy atom. The van der Waals surface area contributed by atoms with Gasteiger partial charge in [-0.1, -0.05) is 117 Å². The lowest BCUT2D eigenvalue weighted by Gasteiger charge is -2.20. The van der Waals surface area contributed by atoms with Gasteiger partial charge in [0.2, 0.25) is 0 Å². The van der Waals surface area contributed by atoms with E-state index in [0.29, 0.717) is 6.61 Å². The van der Waals surface area contributed by atoms with Gasteiger partial charge in [0, 0.05) is 24.9 Å². The summed E-state index contributed by atoms with van der Waals surface area (Å²) in [6, 6.07) is 0. The van der Waals surface area contributed by atoms with Crippen molar-refractivity contribution in [3.63, 3.8) is 0 Å². The van der Waals surface area contributed by atoms with Crippen LogP contribution in [0.2, 0.25) is 0 Å². The molecule has 0 amide bonds. The van der Waals surface area contributed by atoms with Crippen molar-refractivity contribution in [3.05, 3.63) is 11.8 Å². The summed E-state index contributed by atoms with van der Waals surface area (Å²) >= 11 is 0. The largest absolute Gasteiger partial charge is 0.462 e. The van der Waals surface area contributed by atoms with Crippen molar-refractivity contribution in [1.82, 2.24) is 4.90 Å². The van der Waals surface area contributed by atoms with Crippen LogP contribution in [0.15, 0.2) is 11.8 Å². The van der Waals surface area contributed by atoms with Crippen LogP contribution in [0.5, 0.6) is 0 Å². The van der Waals surface area contributed by atoms with Crippen molar-refractivity contribution >= 4 is 5.97 Å². The fourth-order valence-corrected chi connectivity index (χ4v) is 3.87. The number of ether oxygens (including phenoxy) is 1. The van der Waals surface area contributed by atoms with Gasteiger partial charge in [-0.2, -0.15) is 0 Å². The zero-order valence-electron chi connectivity index (χ0n) is 21.7. The molecular formula is C28H55NO2. The van der Waals surface area contributed by atoms with Crippen molar-refractivity contribution in [1.29, 1.82) is 0 Å². The molecule has 0 aliphatic heterocycles. The Morgan fingerprint density at radius 3 is 1.42 bits per heavy atom. The Labute approximate surface area is 195 Å². The summed E-state index contributed by atoms with van der Waals surface area (Å²) in [5, 5.41) is 0. The average Bonchev–Trinajstić information content (AvgIpc) is 2.77. The number of unbranched alkanes of at least 4 members (excludes halogenated alkanes) is 15. The molecule has 0 fully saturated rings. The summed E-state index contributed by atoms with van der Waals surface area (Å²) in [6.07, 6.45) is 25.5. The van der Waals surface area contributed by atoms with Gasteiger partial charge in [-0.3, -0.25) is 0 Å². The maximum atomic E-state index is 12.2. The second-order valence-corrected chi connectivity index (χ2v) is 9.29. The molecule has 0 unspecified atom stereocenters. The number of esters is 1. The molecule has 184 valence electrons. The maximum absolute atomic E-state index is 12.2. The van der Waals surface area contributed by atoms with Crippen LogP contribution in [0.4, 0.5) is 0 Å². The van der Waals surface area contributed by atoms with E-state index in [1.165, 1.54) is 109 Å². The molecular weight excluding hydrogens is 382 g/mol. The van der Waals surface area contributed by atoms with Crippen molar-refractivity contribution in [3.8, 4) is 0 Å². The third kappa shape index (κ3) is 20.7. The average molecular weight is 438 g/mol. The monoisotopic (exact) mass is 437 g/mol. The van der Waals surface area contributed by atoms with Gasteiger partial charge in [0.05, 0.1) is 6.61 Å². The number of hydrogen-bond acceptors (Lipinski definition) is 3. The zero-order valence-corrected chi connectivity index (χ0v) is 21.7. The molecule has 0 rings (SSSR count). The van der Waals surface area contributed by atoms with Gasteiger partial charge in [0.15, 0.2) is 0 Å². The van der Waals surface area contributed by atoms with Crippen LogP contribution in [0.25, 0.3) is 0 Å². The molecule has 0 aromatic rings. The molecule has 0 heterocycles. The Hall–Kier alpha value is -0.990. The van der Waals surface area contributed by atoms with Gasteiger partial charge in [0.1, 0.15) is 0 Å². The number of hydrogen-bond donors (Lipinski definition) is 0. The summed E-state index contributed by atoms with van der Waals surface area (Å²) < 4.78 is 5.49. The van der Waals surface area contributed by atoms with Crippen LogP contribution in [0.1, 0.15) is 143 Å². The van der Waals surface area contributed by atoms with E-state index in [9.17, 15) is 4.79 Å². The molecule has 0 radical (unpaired) electrons. The van der Waals surface area contributed by atoms with Crippen LogP contribution in [0, 0.1) is 0 Å². The first-order chi connectivity index (χ1) is 15.2. The fourth-order valence-electron chi connectivity index (χ4n) is 3.87. The molecule has 0 atom stereocenters. The van der Waals surface area contributed by atoms with Gasteiger partial charge in [-0.25, -0.2) is 4.79 Å². The van der Waals surface area contributed by atoms with Crippen LogP contribution in [-0.2, 0) is 9.53 Å². The van der Waals surface area contributed by atoms with Gasteiger partial charge in [0.25, 0.3) is 0 Å². The summed E-state index contributed by atoms with van der Waals surface area (Å²) in [6.45, 7) is 11.2. The Kier molecular flexibility index (Phi) is 22.9. The standard InChI is InChI=1S/C28H55NO2/c1-5-8-11-12-13-14-15-16-17-18-19-20-21-22-25-31-28(30)27(4)26-29(23-9-6-2)24-10-7-3/h26H,5-25H2,1-4H3. The van der Waals surface area contributed by atoms with E-state index in [-0.39, 0.29) is 5.97 Å². The third-order valence-electron chi connectivity index (χ3n) is 6.03. The molecule has 0 bridgehead atoms. The fraction of sp³-hybridized carbons (Fsp3) is 0.893. The lowest BCUT2D eigenvalue weighted by atomic mass is 10.0. The minimum Gasteiger partial charge on any atom is -0.462 e. The molecule has 0 saturated carbocycles. The van der Waals surface area contributed by atoms with Crippen molar-refractivity contribution in [2.24, 2.45) is 0 Å². The lowest BCUT2D eigenvalue weighted by Crippen LogP contribution is -2.22. The number of nitrogens with zero attached hydrogens (tertiary/aromatic N) is 1. The molecule has 0 N–H and O–H groups in total. The summed E-state index contributed by atoms with van der Waals surface area (Å²) in [5.74, 6) is -0.146. The van der Waals surface area contributed by atoms with Crippen molar-refractivity contribution in [2.75, 3.05) is 19.7 Å². The molecule has 3 heteroatoms. The molecule has 0 aliphatic carbocycles. The second-order valence-electron chi connectivity index (χ2n) is 9.29. The number of carbonyl (C=O) groups excluding carboxylic acids is 1. The van der Waals surface area contributed by atoms with E-state index in [1.54, 1.807) is 0 Å². The van der Waals surface area contributed by atoms with Crippen molar-refractivity contribution in [2.45, 2.75) is 143 Å². The molecule has 3 nitrogen and oxygen atoms in total. The smallest absolute Gasteiger partial charge is 0.335 e. The zero-order chi connectivity index (χ0) is 23.0. The van der Waals surface area contributed by atoms with Gasteiger partial charge < -0.3 is 9.64 Å². The molecule has 31 heavy (non-hydrogen) atoms. The Balaban J connectivity index is 3.64. The minimum absolute atomic E-state index is 0.146. The van der Waals surface area contributed by atoms with E-state index in [4.69, 9.17) is 4.74 Å². The molecule has 0 spiro atoms. The highest BCUT2D eigenvalue weighted by atomic mass is 16.5. The minimum atomic E-state index is -0.146. The van der Waals surface area contributed by atoms with Crippen LogP contribution >= 0.6 is 0 Å². The summed E-state index contributed by atoms with van der Waals surface area (Å²) in [4.78, 5) is 14.5. The van der Waals surface area contributed by atoms with Gasteiger partial charge >= 0.3 is 5.97 Å². The van der Waals surface area contributed by atoms with E-state index < -0.39 is 0 Å². The SMILES string of the molecule is CCCCCCCCCCCCCCCCOC(=O)C(C)=CN(CCCC)CCCC. The Bertz CT molecular complexity index is 411. The van der Waals surface area contributed by atoms with Gasteiger partial charge in [-0.05, 0) is 26.2 Å². The third-order valence-corrected chi connectivity index (χ3v) is 6.03. The first-order valence-electron chi connectivity index (χ1n) is 13.7. The highest BCUT2D eigenvalue weighted by Gasteiger charge is 2.08. The predicted molar refractivity (Wildman–Crippen MR) is 136 cm³/mol. The number of rotatable bonds is 23. The highest BCUT2D eigenvalue weighted by molar-refractivity contribution is 5.87. The van der Waals surface area contributed by atoms with Crippen LogP contribution in [0.3, 0.4) is 0 Å². The molecule has 0 aliphatic rings. The number of carbonyl (C=O) groups is 1. The lowest BCUT2D eigenvalue weighted by molar-refractivity contribution is -0.139. The van der Waals surface area contributed by atoms with E-state index in [0.717, 1.165) is 25.1 Å². The highest BCUT2D eigenvalue weighted by Crippen LogP contribution is 2.13.